The number of nitrogens with zero attached hydrogens (tertiary/aromatic N) is 1. The lowest BCUT2D eigenvalue weighted by atomic mass is 9.96. The topological polar surface area (TPSA) is 111 Å². The van der Waals surface area contributed by atoms with E-state index in [1.165, 1.54) is 58.3 Å². The summed E-state index contributed by atoms with van der Waals surface area (Å²) in [6.07, 6.45) is 5.41. The van der Waals surface area contributed by atoms with Crippen molar-refractivity contribution in [1.82, 2.24) is 5.32 Å². The molecular weight excluding hydrogens is 596 g/mol. The molecule has 0 bridgehead atoms. The monoisotopic (exact) mass is 624 g/mol. The normalized spacial score (nSPS) is 13.2. The summed E-state index contributed by atoms with van der Waals surface area (Å²) in [6, 6.07) is 23.4. The molecule has 5 rings (SSSR count). The number of fused-ring (bicyclic) bond motifs is 1. The van der Waals surface area contributed by atoms with E-state index in [1.807, 2.05) is 6.07 Å². The van der Waals surface area contributed by atoms with Gasteiger partial charge in [-0.05, 0) is 92.3 Å². The van der Waals surface area contributed by atoms with E-state index < -0.39 is 22.9 Å². The molecule has 3 amide bonds. The second-order valence-corrected chi connectivity index (χ2v) is 12.7. The zero-order chi connectivity index (χ0) is 31.1. The van der Waals surface area contributed by atoms with Crippen LogP contribution in [-0.2, 0) is 22.4 Å². The number of amides is 3. The maximum atomic E-state index is 13.5. The maximum absolute atomic E-state index is 13.5. The van der Waals surface area contributed by atoms with Crippen molar-refractivity contribution in [2.24, 2.45) is 0 Å². The molecule has 3 aromatic carbocycles. The summed E-state index contributed by atoms with van der Waals surface area (Å²) in [6.45, 7) is 1.79. The molecule has 1 aliphatic rings. The first kappa shape index (κ1) is 30.7. The Morgan fingerprint density at radius 2 is 1.73 bits per heavy atom. The first-order valence-electron chi connectivity index (χ1n) is 14.1. The van der Waals surface area contributed by atoms with Crippen molar-refractivity contribution in [3.63, 3.8) is 0 Å². The summed E-state index contributed by atoms with van der Waals surface area (Å²) in [5, 5.41) is 18.3. The minimum atomic E-state index is -0.572. The molecule has 0 saturated carbocycles. The largest absolute Gasteiger partial charge is 0.321 e. The fourth-order valence-electron chi connectivity index (χ4n) is 4.76. The molecule has 0 spiro atoms. The van der Waals surface area contributed by atoms with Crippen molar-refractivity contribution in [2.75, 3.05) is 10.6 Å². The van der Waals surface area contributed by atoms with Gasteiger partial charge in [-0.1, -0.05) is 36.4 Å². The number of halogens is 1. The molecule has 0 aliphatic heterocycles. The van der Waals surface area contributed by atoms with Crippen LogP contribution in [0.2, 0.25) is 0 Å². The molecule has 1 aromatic heterocycles. The predicted octanol–water partition coefficient (Wildman–Crippen LogP) is 7.17. The maximum Gasteiger partial charge on any atom is 0.272 e. The minimum Gasteiger partial charge on any atom is -0.321 e. The number of hydrogen-bond acceptors (Lipinski definition) is 6. The van der Waals surface area contributed by atoms with Gasteiger partial charge in [0.2, 0.25) is 5.91 Å². The van der Waals surface area contributed by atoms with Crippen LogP contribution in [0.15, 0.2) is 89.5 Å². The highest BCUT2D eigenvalue weighted by Gasteiger charge is 2.24. The Morgan fingerprint density at radius 1 is 0.977 bits per heavy atom. The van der Waals surface area contributed by atoms with Crippen LogP contribution >= 0.6 is 23.1 Å². The van der Waals surface area contributed by atoms with Gasteiger partial charge in [-0.3, -0.25) is 14.4 Å². The van der Waals surface area contributed by atoms with Crippen LogP contribution in [0, 0.1) is 17.1 Å². The summed E-state index contributed by atoms with van der Waals surface area (Å²) in [5.74, 6) is -1.67. The van der Waals surface area contributed by atoms with Gasteiger partial charge in [-0.2, -0.15) is 5.26 Å². The van der Waals surface area contributed by atoms with Crippen molar-refractivity contribution >= 4 is 57.6 Å². The fourth-order valence-corrected chi connectivity index (χ4v) is 6.93. The molecule has 7 nitrogen and oxygen atoms in total. The first-order chi connectivity index (χ1) is 21.3. The number of carbonyl (C=O) groups is 3. The molecule has 222 valence electrons. The van der Waals surface area contributed by atoms with Crippen molar-refractivity contribution in [3.05, 3.63) is 118 Å². The minimum absolute atomic E-state index is 0.0248. The predicted molar refractivity (Wildman–Crippen MR) is 173 cm³/mol. The molecule has 0 saturated heterocycles. The van der Waals surface area contributed by atoms with Crippen LogP contribution in [0.5, 0.6) is 0 Å². The van der Waals surface area contributed by atoms with Crippen molar-refractivity contribution in [2.45, 2.75) is 42.8 Å². The van der Waals surface area contributed by atoms with Gasteiger partial charge in [0, 0.05) is 21.0 Å². The third kappa shape index (κ3) is 7.61. The molecule has 4 aromatic rings. The molecule has 1 atom stereocenters. The highest BCUT2D eigenvalue weighted by molar-refractivity contribution is 8.00. The third-order valence-corrected chi connectivity index (χ3v) is 9.30. The Bertz CT molecular complexity index is 1760. The summed E-state index contributed by atoms with van der Waals surface area (Å²) < 4.78 is 13.5. The number of nitrogens with one attached hydrogen (secondary N) is 3. The number of aryl methyl sites for hydroxylation is 1. The van der Waals surface area contributed by atoms with Crippen LogP contribution in [0.25, 0.3) is 6.08 Å². The number of thioether (sulfide) groups is 1. The first-order valence-corrected chi connectivity index (χ1v) is 15.8. The standard InChI is InChI=1S/C34H29FN4O3S2/c1-21(31(40)39-34-28(20-36)27-12-5-6-13-30(27)44-34)43-26-11-7-10-25(19-26)37-33(42)29(18-22-14-16-24(35)17-15-22)38-32(41)23-8-3-2-4-9-23/h2-4,7-11,14-19,21H,5-6,12-13H2,1H3,(H,37,42)(H,38,41)(H,39,40)/b29-18+. The lowest BCUT2D eigenvalue weighted by molar-refractivity contribution is -0.115. The van der Waals surface area contributed by atoms with Gasteiger partial charge in [0.05, 0.1) is 10.8 Å². The summed E-state index contributed by atoms with van der Waals surface area (Å²) in [4.78, 5) is 41.3. The van der Waals surface area contributed by atoms with Gasteiger partial charge in [0.25, 0.3) is 11.8 Å². The SMILES string of the molecule is CC(Sc1cccc(NC(=O)/C(=C\c2ccc(F)cc2)NC(=O)c2ccccc2)c1)C(=O)Nc1sc2c(c1C#N)CCCC2. The molecule has 0 radical (unpaired) electrons. The highest BCUT2D eigenvalue weighted by atomic mass is 32.2. The van der Waals surface area contributed by atoms with E-state index in [-0.39, 0.29) is 11.6 Å². The number of benzene rings is 3. The molecule has 1 unspecified atom stereocenters. The molecular formula is C34H29FN4O3S2. The zero-order valence-electron chi connectivity index (χ0n) is 23.9. The number of carbonyl (C=O) groups excluding carboxylic acids is 3. The lowest BCUT2D eigenvalue weighted by Gasteiger charge is -2.14. The Morgan fingerprint density at radius 3 is 2.48 bits per heavy atom. The van der Waals surface area contributed by atoms with Gasteiger partial charge in [-0.25, -0.2) is 4.39 Å². The Labute approximate surface area is 263 Å². The molecule has 0 fully saturated rings. The molecule has 10 heteroatoms. The average Bonchev–Trinajstić information content (AvgIpc) is 3.39. The van der Waals surface area contributed by atoms with Crippen LogP contribution < -0.4 is 16.0 Å². The number of hydrogen-bond donors (Lipinski definition) is 3. The van der Waals surface area contributed by atoms with E-state index >= 15 is 0 Å². The van der Waals surface area contributed by atoms with Crippen LogP contribution in [-0.4, -0.2) is 23.0 Å². The van der Waals surface area contributed by atoms with Gasteiger partial charge in [0.1, 0.15) is 22.6 Å². The van der Waals surface area contributed by atoms with Gasteiger partial charge in [0.15, 0.2) is 0 Å². The van der Waals surface area contributed by atoms with E-state index in [1.54, 1.807) is 55.5 Å². The smallest absolute Gasteiger partial charge is 0.272 e. The summed E-state index contributed by atoms with van der Waals surface area (Å²) in [5.41, 5.74) is 2.98. The molecule has 44 heavy (non-hydrogen) atoms. The van der Waals surface area contributed by atoms with Crippen LogP contribution in [0.4, 0.5) is 15.1 Å². The second-order valence-electron chi connectivity index (χ2n) is 10.2. The summed E-state index contributed by atoms with van der Waals surface area (Å²) >= 11 is 2.81. The van der Waals surface area contributed by atoms with E-state index in [4.69, 9.17) is 0 Å². The van der Waals surface area contributed by atoms with Gasteiger partial charge < -0.3 is 16.0 Å². The molecule has 1 heterocycles. The lowest BCUT2D eigenvalue weighted by Crippen LogP contribution is -2.30. The second kappa shape index (κ2) is 14.2. The zero-order valence-corrected chi connectivity index (χ0v) is 25.5. The van der Waals surface area contributed by atoms with Crippen molar-refractivity contribution < 1.29 is 18.8 Å². The fraction of sp³-hybridized carbons (Fsp3) is 0.176. The quantitative estimate of drug-likeness (QED) is 0.135. The van der Waals surface area contributed by atoms with Crippen molar-refractivity contribution in [3.8, 4) is 6.07 Å². The molecule has 3 N–H and O–H groups in total. The third-order valence-electron chi connectivity index (χ3n) is 7.00. The van der Waals surface area contributed by atoms with E-state index in [0.717, 1.165) is 36.1 Å². The Kier molecular flexibility index (Phi) is 9.89. The number of thiophene rings is 1. The van der Waals surface area contributed by atoms with E-state index in [9.17, 15) is 24.0 Å². The Hall–Kier alpha value is -4.72. The van der Waals surface area contributed by atoms with E-state index in [2.05, 4.69) is 22.0 Å². The van der Waals surface area contributed by atoms with Crippen LogP contribution in [0.3, 0.4) is 0 Å². The van der Waals surface area contributed by atoms with Gasteiger partial charge in [-0.15, -0.1) is 23.1 Å². The highest BCUT2D eigenvalue weighted by Crippen LogP contribution is 2.38. The number of rotatable bonds is 9. The number of nitriles is 1. The van der Waals surface area contributed by atoms with Gasteiger partial charge >= 0.3 is 0 Å². The van der Waals surface area contributed by atoms with Crippen molar-refractivity contribution in [1.29, 1.82) is 5.26 Å². The Balaban J connectivity index is 1.28. The van der Waals surface area contributed by atoms with E-state index in [0.29, 0.717) is 27.4 Å². The average molecular weight is 625 g/mol. The summed E-state index contributed by atoms with van der Waals surface area (Å²) in [7, 11) is 0. The number of anilines is 2. The molecule has 1 aliphatic carbocycles. The van der Waals surface area contributed by atoms with Crippen LogP contribution in [0.1, 0.15) is 51.7 Å².